The predicted molar refractivity (Wildman–Crippen MR) is 58.7 cm³/mol. The second-order valence-electron chi connectivity index (χ2n) is 6.39. The molecule has 1 aliphatic heterocycles. The van der Waals surface area contributed by atoms with Gasteiger partial charge in [-0.25, -0.2) is 0 Å². The van der Waals surface area contributed by atoms with Crippen LogP contribution >= 0.6 is 0 Å². The summed E-state index contributed by atoms with van der Waals surface area (Å²) in [4.78, 5) is 11.6. The van der Waals surface area contributed by atoms with E-state index in [9.17, 15) is 4.79 Å². The summed E-state index contributed by atoms with van der Waals surface area (Å²) in [5.74, 6) is 3.42. The average Bonchev–Trinajstić information content (AvgIpc) is 2.25. The fraction of sp³-hybridized carbons (Fsp3) is 0.923. The van der Waals surface area contributed by atoms with Crippen molar-refractivity contribution >= 4 is 5.91 Å². The van der Waals surface area contributed by atoms with Gasteiger partial charge in [-0.3, -0.25) is 4.79 Å². The number of hydrogen-bond acceptors (Lipinski definition) is 2. The molecule has 4 bridgehead atoms. The molecule has 0 aromatic heterocycles. The Morgan fingerprint density at radius 1 is 1.06 bits per heavy atom. The molecule has 4 aliphatic carbocycles. The smallest absolute Gasteiger partial charge is 0.246 e. The minimum Gasteiger partial charge on any atom is -0.369 e. The highest BCUT2D eigenvalue weighted by molar-refractivity contribution is 5.79. The van der Waals surface area contributed by atoms with Gasteiger partial charge in [0.2, 0.25) is 5.91 Å². The van der Waals surface area contributed by atoms with Gasteiger partial charge in [0.05, 0.1) is 12.1 Å². The van der Waals surface area contributed by atoms with Crippen molar-refractivity contribution in [3.8, 4) is 0 Å². The van der Waals surface area contributed by atoms with E-state index in [-0.39, 0.29) is 18.1 Å². The number of carbonyl (C=O) groups excluding carboxylic acids is 1. The monoisotopic (exact) mass is 221 g/mol. The molecule has 0 radical (unpaired) electrons. The molecule has 0 unspecified atom stereocenters. The van der Waals surface area contributed by atoms with Crippen LogP contribution in [0.3, 0.4) is 0 Å². The fourth-order valence-corrected chi connectivity index (χ4v) is 5.11. The zero-order chi connectivity index (χ0) is 10.8. The topological polar surface area (TPSA) is 38.3 Å². The summed E-state index contributed by atoms with van der Waals surface area (Å²) >= 11 is 0. The van der Waals surface area contributed by atoms with Crippen molar-refractivity contribution in [2.45, 2.75) is 37.6 Å². The highest BCUT2D eigenvalue weighted by Crippen LogP contribution is 2.58. The van der Waals surface area contributed by atoms with E-state index in [1.807, 2.05) is 0 Å². The van der Waals surface area contributed by atoms with E-state index in [0.29, 0.717) is 11.8 Å². The van der Waals surface area contributed by atoms with Crippen LogP contribution in [-0.2, 0) is 9.53 Å². The molecule has 16 heavy (non-hydrogen) atoms. The van der Waals surface area contributed by atoms with E-state index in [4.69, 9.17) is 4.74 Å². The van der Waals surface area contributed by atoms with Crippen LogP contribution in [0.4, 0.5) is 0 Å². The van der Waals surface area contributed by atoms with Gasteiger partial charge in [-0.2, -0.15) is 0 Å². The Bertz CT molecular complexity index is 311. The lowest BCUT2D eigenvalue weighted by molar-refractivity contribution is -0.158. The van der Waals surface area contributed by atoms with Crippen LogP contribution in [0.5, 0.6) is 0 Å². The first-order valence-electron chi connectivity index (χ1n) is 6.65. The number of ether oxygens (including phenoxy) is 1. The van der Waals surface area contributed by atoms with Gasteiger partial charge in [0.25, 0.3) is 0 Å². The minimum absolute atomic E-state index is 0.0305. The fourth-order valence-electron chi connectivity index (χ4n) is 5.11. The molecule has 1 spiro atoms. The molecule has 88 valence electrons. The van der Waals surface area contributed by atoms with Crippen LogP contribution in [0.2, 0.25) is 0 Å². The Morgan fingerprint density at radius 3 is 2.25 bits per heavy atom. The molecule has 0 atom stereocenters. The molecule has 3 nitrogen and oxygen atoms in total. The largest absolute Gasteiger partial charge is 0.369 e. The summed E-state index contributed by atoms with van der Waals surface area (Å²) < 4.78 is 5.55. The Morgan fingerprint density at radius 2 is 1.69 bits per heavy atom. The normalized spacial score (nSPS) is 54.4. The first kappa shape index (κ1) is 9.46. The van der Waals surface area contributed by atoms with E-state index in [2.05, 4.69) is 5.32 Å². The van der Waals surface area contributed by atoms with E-state index in [1.165, 1.54) is 32.1 Å². The molecular formula is C13H19NO2. The van der Waals surface area contributed by atoms with Crippen LogP contribution in [0.25, 0.3) is 0 Å². The summed E-state index contributed by atoms with van der Waals surface area (Å²) in [5, 5.41) is 3.31. The summed E-state index contributed by atoms with van der Waals surface area (Å²) in [6.07, 6.45) is 6.78. The number of amides is 1. The Kier molecular flexibility index (Phi) is 1.78. The molecule has 0 aromatic carbocycles. The maximum absolute atomic E-state index is 11.6. The van der Waals surface area contributed by atoms with Crippen molar-refractivity contribution in [2.75, 3.05) is 13.2 Å². The summed E-state index contributed by atoms with van der Waals surface area (Å²) in [5.41, 5.74) is 0.0305. The first-order chi connectivity index (χ1) is 7.76. The first-order valence-corrected chi connectivity index (χ1v) is 6.65. The lowest BCUT2D eigenvalue weighted by atomic mass is 9.48. The van der Waals surface area contributed by atoms with Crippen molar-refractivity contribution in [3.05, 3.63) is 0 Å². The molecule has 5 fully saturated rings. The third kappa shape index (κ3) is 1.10. The molecule has 1 N–H and O–H groups in total. The number of nitrogens with one attached hydrogen (secondary N) is 1. The molecule has 3 heteroatoms. The van der Waals surface area contributed by atoms with Crippen LogP contribution in [0, 0.1) is 23.7 Å². The number of hydrogen-bond donors (Lipinski definition) is 1. The molecule has 0 aromatic rings. The van der Waals surface area contributed by atoms with Crippen molar-refractivity contribution in [1.29, 1.82) is 0 Å². The van der Waals surface area contributed by atoms with Crippen LogP contribution < -0.4 is 5.32 Å². The highest BCUT2D eigenvalue weighted by Gasteiger charge is 2.58. The van der Waals surface area contributed by atoms with Gasteiger partial charge in [-0.05, 0) is 55.8 Å². The zero-order valence-electron chi connectivity index (χ0n) is 9.58. The Hall–Kier alpha value is -0.570. The third-order valence-corrected chi connectivity index (χ3v) is 5.54. The second-order valence-corrected chi connectivity index (χ2v) is 6.39. The van der Waals surface area contributed by atoms with Crippen LogP contribution in [-0.4, -0.2) is 24.7 Å². The standard InChI is InChI=1S/C13H19NO2/c15-12-6-16-7-13(14-12)10-2-8-1-9(4-10)5-11(13)3-8/h8-11H,1-7H2,(H,14,15). The highest BCUT2D eigenvalue weighted by atomic mass is 16.5. The van der Waals surface area contributed by atoms with Gasteiger partial charge < -0.3 is 10.1 Å². The number of carbonyl (C=O) groups is 1. The third-order valence-electron chi connectivity index (χ3n) is 5.54. The van der Waals surface area contributed by atoms with Gasteiger partial charge in [-0.15, -0.1) is 0 Å². The Balaban J connectivity index is 1.70. The second kappa shape index (κ2) is 3.00. The average molecular weight is 221 g/mol. The molecule has 4 saturated carbocycles. The van der Waals surface area contributed by atoms with Gasteiger partial charge in [0.15, 0.2) is 0 Å². The summed E-state index contributed by atoms with van der Waals surface area (Å²) in [7, 11) is 0. The van der Waals surface area contributed by atoms with Gasteiger partial charge >= 0.3 is 0 Å². The minimum atomic E-state index is 0.0305. The quantitative estimate of drug-likeness (QED) is 0.670. The molecule has 5 aliphatic rings. The molecule has 5 rings (SSSR count). The van der Waals surface area contributed by atoms with Gasteiger partial charge in [-0.1, -0.05) is 0 Å². The van der Waals surface area contributed by atoms with Gasteiger partial charge in [0.1, 0.15) is 6.61 Å². The molecule has 1 saturated heterocycles. The number of rotatable bonds is 0. The molecular weight excluding hydrogens is 202 g/mol. The van der Waals surface area contributed by atoms with Crippen molar-refractivity contribution < 1.29 is 9.53 Å². The lowest BCUT2D eigenvalue weighted by Crippen LogP contribution is -2.70. The SMILES string of the molecule is O=C1COCC2(N1)C1CC3CC(C1)CC2C3. The maximum atomic E-state index is 11.6. The number of morpholine rings is 1. The lowest BCUT2D eigenvalue weighted by Gasteiger charge is -2.62. The van der Waals surface area contributed by atoms with Crippen molar-refractivity contribution in [1.82, 2.24) is 5.32 Å². The zero-order valence-corrected chi connectivity index (χ0v) is 9.58. The van der Waals surface area contributed by atoms with Crippen LogP contribution in [0.1, 0.15) is 32.1 Å². The predicted octanol–water partition coefficient (Wildman–Crippen LogP) is 1.33. The summed E-state index contributed by atoms with van der Waals surface area (Å²) in [6, 6.07) is 0. The Labute approximate surface area is 95.9 Å². The summed E-state index contributed by atoms with van der Waals surface area (Å²) in [6.45, 7) is 1.04. The van der Waals surface area contributed by atoms with Crippen molar-refractivity contribution in [2.24, 2.45) is 23.7 Å². The van der Waals surface area contributed by atoms with E-state index < -0.39 is 0 Å². The maximum Gasteiger partial charge on any atom is 0.246 e. The van der Waals surface area contributed by atoms with E-state index >= 15 is 0 Å². The molecule has 1 heterocycles. The van der Waals surface area contributed by atoms with Gasteiger partial charge in [0, 0.05) is 0 Å². The van der Waals surface area contributed by atoms with E-state index in [0.717, 1.165) is 18.4 Å². The van der Waals surface area contributed by atoms with E-state index in [1.54, 1.807) is 0 Å². The molecule has 1 amide bonds. The van der Waals surface area contributed by atoms with Crippen LogP contribution in [0.15, 0.2) is 0 Å². The van der Waals surface area contributed by atoms with Crippen molar-refractivity contribution in [3.63, 3.8) is 0 Å².